The van der Waals surface area contributed by atoms with Crippen LogP contribution in [0.15, 0.2) is 0 Å². The van der Waals surface area contributed by atoms with E-state index in [0.717, 1.165) is 51.4 Å². The van der Waals surface area contributed by atoms with Gasteiger partial charge < -0.3 is 5.32 Å². The third-order valence-electron chi connectivity index (χ3n) is 4.87. The van der Waals surface area contributed by atoms with Gasteiger partial charge in [0, 0.05) is 32.2 Å². The maximum absolute atomic E-state index is 12.7. The fourth-order valence-corrected chi connectivity index (χ4v) is 5.04. The van der Waals surface area contributed by atoms with Crippen molar-refractivity contribution in [3.8, 4) is 0 Å². The molecule has 0 aromatic rings. The van der Waals surface area contributed by atoms with E-state index in [2.05, 4.69) is 5.32 Å². The molecule has 0 amide bonds. The molecule has 20 heavy (non-hydrogen) atoms. The maximum atomic E-state index is 12.7. The Kier molecular flexibility index (Phi) is 5.84. The van der Waals surface area contributed by atoms with E-state index < -0.39 is 10.2 Å². The Morgan fingerprint density at radius 3 is 2.05 bits per heavy atom. The summed E-state index contributed by atoms with van der Waals surface area (Å²) in [4.78, 5) is 0. The van der Waals surface area contributed by atoms with E-state index in [9.17, 15) is 8.42 Å². The SMILES string of the molecule is CNC1CCC(N(C)S(=O)(=O)N2CCCCCC2)CC1. The van der Waals surface area contributed by atoms with Crippen molar-refractivity contribution in [3.63, 3.8) is 0 Å². The first-order valence-corrected chi connectivity index (χ1v) is 9.35. The van der Waals surface area contributed by atoms with E-state index in [-0.39, 0.29) is 6.04 Å². The first-order valence-electron chi connectivity index (χ1n) is 7.96. The minimum Gasteiger partial charge on any atom is -0.317 e. The van der Waals surface area contributed by atoms with E-state index in [1.165, 1.54) is 0 Å². The molecule has 0 atom stereocenters. The van der Waals surface area contributed by atoms with E-state index in [0.29, 0.717) is 19.1 Å². The molecule has 5 nitrogen and oxygen atoms in total. The van der Waals surface area contributed by atoms with Gasteiger partial charge in [-0.2, -0.15) is 17.0 Å². The van der Waals surface area contributed by atoms with Gasteiger partial charge >= 0.3 is 0 Å². The molecule has 0 unspecified atom stereocenters. The summed E-state index contributed by atoms with van der Waals surface area (Å²) >= 11 is 0. The second-order valence-corrected chi connectivity index (χ2v) is 8.12. The third kappa shape index (κ3) is 3.72. The standard InChI is InChI=1S/C14H29N3O2S/c1-15-13-7-9-14(10-8-13)16(2)20(18,19)17-11-5-3-4-6-12-17/h13-15H,3-12H2,1-2H3. The average Bonchev–Trinajstić information content (AvgIpc) is 2.76. The highest BCUT2D eigenvalue weighted by Crippen LogP contribution is 2.26. The number of hydrogen-bond donors (Lipinski definition) is 1. The van der Waals surface area contributed by atoms with Gasteiger partial charge in [0.25, 0.3) is 10.2 Å². The molecule has 0 bridgehead atoms. The summed E-state index contributed by atoms with van der Waals surface area (Å²) in [5, 5.41) is 3.30. The van der Waals surface area contributed by atoms with Gasteiger partial charge in [-0.15, -0.1) is 0 Å². The van der Waals surface area contributed by atoms with E-state index in [4.69, 9.17) is 0 Å². The minimum atomic E-state index is -3.26. The molecule has 0 radical (unpaired) electrons. The summed E-state index contributed by atoms with van der Waals surface area (Å²) in [5.41, 5.74) is 0. The van der Waals surface area contributed by atoms with Crippen LogP contribution in [0.5, 0.6) is 0 Å². The summed E-state index contributed by atoms with van der Waals surface area (Å²) in [6, 6.07) is 0.730. The van der Waals surface area contributed by atoms with Gasteiger partial charge in [-0.05, 0) is 45.6 Å². The topological polar surface area (TPSA) is 52.7 Å². The average molecular weight is 303 g/mol. The van der Waals surface area contributed by atoms with Crippen molar-refractivity contribution in [3.05, 3.63) is 0 Å². The Bertz CT molecular complexity index is 383. The lowest BCUT2D eigenvalue weighted by Gasteiger charge is -2.36. The molecular formula is C14H29N3O2S. The van der Waals surface area contributed by atoms with Crippen molar-refractivity contribution in [2.75, 3.05) is 27.2 Å². The molecule has 0 aromatic heterocycles. The maximum Gasteiger partial charge on any atom is 0.281 e. The highest BCUT2D eigenvalue weighted by molar-refractivity contribution is 7.86. The molecule has 6 heteroatoms. The highest BCUT2D eigenvalue weighted by atomic mass is 32.2. The molecule has 0 aromatic carbocycles. The van der Waals surface area contributed by atoms with Crippen LogP contribution in [-0.2, 0) is 10.2 Å². The van der Waals surface area contributed by atoms with Crippen LogP contribution in [0.2, 0.25) is 0 Å². The largest absolute Gasteiger partial charge is 0.317 e. The Morgan fingerprint density at radius 2 is 1.55 bits per heavy atom. The Labute approximate surface area is 123 Å². The van der Waals surface area contributed by atoms with Crippen LogP contribution in [0.3, 0.4) is 0 Å². The Balaban J connectivity index is 1.97. The molecule has 2 rings (SSSR count). The zero-order chi connectivity index (χ0) is 14.6. The Morgan fingerprint density at radius 1 is 1.00 bits per heavy atom. The van der Waals surface area contributed by atoms with Gasteiger partial charge in [-0.25, -0.2) is 0 Å². The smallest absolute Gasteiger partial charge is 0.281 e. The molecule has 118 valence electrons. The zero-order valence-electron chi connectivity index (χ0n) is 12.8. The van der Waals surface area contributed by atoms with Crippen molar-refractivity contribution in [2.24, 2.45) is 0 Å². The predicted octanol–water partition coefficient (Wildman–Crippen LogP) is 1.57. The lowest BCUT2D eigenvalue weighted by molar-refractivity contribution is 0.240. The van der Waals surface area contributed by atoms with Gasteiger partial charge in [0.05, 0.1) is 0 Å². The van der Waals surface area contributed by atoms with Gasteiger partial charge in [0.1, 0.15) is 0 Å². The summed E-state index contributed by atoms with van der Waals surface area (Å²) in [6.45, 7) is 1.39. The summed E-state index contributed by atoms with van der Waals surface area (Å²) in [7, 11) is 0.494. The fourth-order valence-electron chi connectivity index (χ4n) is 3.37. The van der Waals surface area contributed by atoms with Gasteiger partial charge in [-0.1, -0.05) is 12.8 Å². The molecule has 2 aliphatic rings. The quantitative estimate of drug-likeness (QED) is 0.858. The van der Waals surface area contributed by atoms with E-state index in [1.807, 2.05) is 7.05 Å². The third-order valence-corrected chi connectivity index (χ3v) is 6.92. The first kappa shape index (κ1) is 16.2. The Hall–Kier alpha value is -0.170. The van der Waals surface area contributed by atoms with Crippen LogP contribution >= 0.6 is 0 Å². The number of nitrogens with one attached hydrogen (secondary N) is 1. The van der Waals surface area contributed by atoms with Gasteiger partial charge in [0.2, 0.25) is 0 Å². The molecule has 2 fully saturated rings. The van der Waals surface area contributed by atoms with Crippen molar-refractivity contribution < 1.29 is 8.42 Å². The second kappa shape index (κ2) is 7.20. The molecular weight excluding hydrogens is 274 g/mol. The van der Waals surface area contributed by atoms with Crippen LogP contribution < -0.4 is 5.32 Å². The van der Waals surface area contributed by atoms with Crippen molar-refractivity contribution in [1.82, 2.24) is 13.9 Å². The minimum absolute atomic E-state index is 0.174. The highest BCUT2D eigenvalue weighted by Gasteiger charge is 2.34. The number of nitrogens with zero attached hydrogens (tertiary/aromatic N) is 2. The molecule has 1 saturated carbocycles. The number of rotatable bonds is 4. The predicted molar refractivity (Wildman–Crippen MR) is 81.8 cm³/mol. The van der Waals surface area contributed by atoms with Crippen molar-refractivity contribution in [2.45, 2.75) is 63.5 Å². The van der Waals surface area contributed by atoms with E-state index >= 15 is 0 Å². The number of hydrogen-bond acceptors (Lipinski definition) is 3. The van der Waals surface area contributed by atoms with Gasteiger partial charge in [0.15, 0.2) is 0 Å². The zero-order valence-corrected chi connectivity index (χ0v) is 13.7. The molecule has 1 aliphatic carbocycles. The van der Waals surface area contributed by atoms with Crippen LogP contribution in [0, 0.1) is 0 Å². The monoisotopic (exact) mass is 303 g/mol. The fraction of sp³-hybridized carbons (Fsp3) is 1.00. The van der Waals surface area contributed by atoms with E-state index in [1.54, 1.807) is 15.7 Å². The summed E-state index contributed by atoms with van der Waals surface area (Å²) < 4.78 is 28.8. The summed E-state index contributed by atoms with van der Waals surface area (Å²) in [5.74, 6) is 0. The van der Waals surface area contributed by atoms with Crippen molar-refractivity contribution in [1.29, 1.82) is 0 Å². The normalized spacial score (nSPS) is 30.4. The molecule has 1 N–H and O–H groups in total. The molecule has 1 saturated heterocycles. The van der Waals surface area contributed by atoms with Crippen LogP contribution in [0.1, 0.15) is 51.4 Å². The molecule has 0 spiro atoms. The molecule has 1 aliphatic heterocycles. The lowest BCUT2D eigenvalue weighted by Crippen LogP contribution is -2.48. The first-order chi connectivity index (χ1) is 9.55. The second-order valence-electron chi connectivity index (χ2n) is 6.13. The lowest BCUT2D eigenvalue weighted by atomic mass is 9.91. The van der Waals surface area contributed by atoms with Crippen molar-refractivity contribution >= 4 is 10.2 Å². The van der Waals surface area contributed by atoms with Crippen LogP contribution in [0.4, 0.5) is 0 Å². The van der Waals surface area contributed by atoms with Crippen LogP contribution in [-0.4, -0.2) is 56.3 Å². The van der Waals surface area contributed by atoms with Crippen LogP contribution in [0.25, 0.3) is 0 Å². The summed E-state index contributed by atoms with van der Waals surface area (Å²) in [6.07, 6.45) is 8.39. The van der Waals surface area contributed by atoms with Gasteiger partial charge in [-0.3, -0.25) is 0 Å². The molecule has 1 heterocycles.